The summed E-state index contributed by atoms with van der Waals surface area (Å²) in [7, 11) is 0. The number of nitrogen functional groups attached to an aromatic ring is 1. The Morgan fingerprint density at radius 1 is 1.15 bits per heavy atom. The molecular weight excluding hydrogens is 252 g/mol. The molecule has 0 atom stereocenters. The molecule has 4 nitrogen and oxygen atoms in total. The maximum absolute atomic E-state index is 12.0. The summed E-state index contributed by atoms with van der Waals surface area (Å²) in [6, 6.07) is 13.0. The highest BCUT2D eigenvalue weighted by molar-refractivity contribution is 6.08. The second-order valence-electron chi connectivity index (χ2n) is 4.73. The highest BCUT2D eigenvalue weighted by Crippen LogP contribution is 2.32. The zero-order valence-electron chi connectivity index (χ0n) is 11.0. The molecule has 0 radical (unpaired) electrons. The van der Waals surface area contributed by atoms with E-state index in [9.17, 15) is 4.79 Å². The molecule has 20 heavy (non-hydrogen) atoms. The van der Waals surface area contributed by atoms with Crippen molar-refractivity contribution >= 4 is 23.4 Å². The van der Waals surface area contributed by atoms with E-state index in [1.165, 1.54) is 5.56 Å². The summed E-state index contributed by atoms with van der Waals surface area (Å²) in [5.41, 5.74) is 8.94. The van der Waals surface area contributed by atoms with Crippen LogP contribution < -0.4 is 15.8 Å². The van der Waals surface area contributed by atoms with E-state index in [1.54, 1.807) is 24.3 Å². The fourth-order valence-corrected chi connectivity index (χ4v) is 1.99. The molecule has 0 saturated carbocycles. The molecule has 0 spiro atoms. The van der Waals surface area contributed by atoms with Gasteiger partial charge in [-0.05, 0) is 36.8 Å². The molecule has 0 unspecified atom stereocenters. The average molecular weight is 266 g/mol. The molecular formula is C16H14N2O2. The number of carbonyl (C=O) groups is 1. The highest BCUT2D eigenvalue weighted by Gasteiger charge is 2.21. The van der Waals surface area contributed by atoms with Gasteiger partial charge in [-0.25, -0.2) is 0 Å². The number of ether oxygens (including phenoxy) is 1. The van der Waals surface area contributed by atoms with E-state index in [4.69, 9.17) is 10.5 Å². The third-order valence-electron chi connectivity index (χ3n) is 3.07. The van der Waals surface area contributed by atoms with Crippen LogP contribution in [-0.4, -0.2) is 5.91 Å². The minimum Gasteiger partial charge on any atom is -0.449 e. The molecule has 0 saturated heterocycles. The molecule has 0 fully saturated rings. The van der Waals surface area contributed by atoms with Crippen molar-refractivity contribution in [2.24, 2.45) is 0 Å². The van der Waals surface area contributed by atoms with Crippen LogP contribution in [0, 0.1) is 6.92 Å². The van der Waals surface area contributed by atoms with Gasteiger partial charge in [0.15, 0.2) is 11.5 Å². The highest BCUT2D eigenvalue weighted by atomic mass is 16.5. The van der Waals surface area contributed by atoms with Crippen LogP contribution in [0.5, 0.6) is 5.75 Å². The zero-order valence-corrected chi connectivity index (χ0v) is 11.0. The molecule has 2 aromatic carbocycles. The average Bonchev–Trinajstić information content (AvgIpc) is 2.42. The van der Waals surface area contributed by atoms with Crippen LogP contribution in [0.15, 0.2) is 48.2 Å². The molecule has 3 rings (SSSR count). The number of anilines is 2. The summed E-state index contributed by atoms with van der Waals surface area (Å²) in [5.74, 6) is 0.590. The number of fused-ring (bicyclic) bond motifs is 1. The number of aryl methyl sites for hydroxylation is 1. The predicted octanol–water partition coefficient (Wildman–Crippen LogP) is 2.95. The molecule has 1 amide bonds. The fraction of sp³-hybridized carbons (Fsp3) is 0.0625. The Balaban J connectivity index is 1.94. The second kappa shape index (κ2) is 4.74. The van der Waals surface area contributed by atoms with Crippen LogP contribution in [0.4, 0.5) is 11.4 Å². The summed E-state index contributed by atoms with van der Waals surface area (Å²) < 4.78 is 5.63. The van der Waals surface area contributed by atoms with Crippen LogP contribution >= 0.6 is 0 Å². The van der Waals surface area contributed by atoms with E-state index in [1.807, 2.05) is 31.2 Å². The van der Waals surface area contributed by atoms with Gasteiger partial charge in [-0.3, -0.25) is 4.79 Å². The number of hydrogen-bond acceptors (Lipinski definition) is 3. The summed E-state index contributed by atoms with van der Waals surface area (Å²) >= 11 is 0. The van der Waals surface area contributed by atoms with Gasteiger partial charge in [0.25, 0.3) is 5.91 Å². The first kappa shape index (κ1) is 12.3. The first-order chi connectivity index (χ1) is 9.61. The molecule has 0 aromatic heterocycles. The third-order valence-corrected chi connectivity index (χ3v) is 3.07. The third kappa shape index (κ3) is 2.36. The van der Waals surface area contributed by atoms with Gasteiger partial charge >= 0.3 is 0 Å². The van der Waals surface area contributed by atoms with Crippen molar-refractivity contribution < 1.29 is 9.53 Å². The van der Waals surface area contributed by atoms with E-state index >= 15 is 0 Å². The minimum absolute atomic E-state index is 0.270. The lowest BCUT2D eigenvalue weighted by Gasteiger charge is -2.20. The molecule has 100 valence electrons. The van der Waals surface area contributed by atoms with Gasteiger partial charge < -0.3 is 15.8 Å². The molecule has 1 heterocycles. The van der Waals surface area contributed by atoms with Crippen molar-refractivity contribution in [2.45, 2.75) is 6.92 Å². The molecule has 0 bridgehead atoms. The smallest absolute Gasteiger partial charge is 0.291 e. The number of carbonyl (C=O) groups excluding carboxylic acids is 1. The molecule has 0 aliphatic carbocycles. The number of rotatable bonds is 1. The van der Waals surface area contributed by atoms with Crippen LogP contribution in [0.25, 0.3) is 6.08 Å². The molecule has 1 aliphatic heterocycles. The summed E-state index contributed by atoms with van der Waals surface area (Å²) in [5, 5.41) is 2.77. The first-order valence-electron chi connectivity index (χ1n) is 6.29. The molecule has 2 aromatic rings. The summed E-state index contributed by atoms with van der Waals surface area (Å²) in [6.07, 6.45) is 1.72. The lowest BCUT2D eigenvalue weighted by atomic mass is 10.1. The molecule has 1 aliphatic rings. The largest absolute Gasteiger partial charge is 0.449 e. The Labute approximate surface area is 116 Å². The van der Waals surface area contributed by atoms with Crippen molar-refractivity contribution in [3.8, 4) is 5.75 Å². The van der Waals surface area contributed by atoms with Crippen molar-refractivity contribution in [1.29, 1.82) is 0 Å². The maximum Gasteiger partial charge on any atom is 0.291 e. The van der Waals surface area contributed by atoms with Gasteiger partial charge in [-0.1, -0.05) is 29.8 Å². The van der Waals surface area contributed by atoms with Crippen molar-refractivity contribution in [1.82, 2.24) is 0 Å². The Kier molecular flexibility index (Phi) is 2.91. The topological polar surface area (TPSA) is 64.3 Å². The maximum atomic E-state index is 12.0. The number of hydrogen-bond donors (Lipinski definition) is 2. The van der Waals surface area contributed by atoms with Gasteiger partial charge in [-0.2, -0.15) is 0 Å². The number of nitrogens with one attached hydrogen (secondary N) is 1. The molecule has 3 N–H and O–H groups in total. The van der Waals surface area contributed by atoms with Crippen molar-refractivity contribution in [3.05, 3.63) is 59.4 Å². The van der Waals surface area contributed by atoms with E-state index < -0.39 is 0 Å². The van der Waals surface area contributed by atoms with Gasteiger partial charge in [0.2, 0.25) is 0 Å². The van der Waals surface area contributed by atoms with E-state index in [0.29, 0.717) is 17.1 Å². The first-order valence-corrected chi connectivity index (χ1v) is 6.29. The van der Waals surface area contributed by atoms with Crippen LogP contribution in [0.2, 0.25) is 0 Å². The fourth-order valence-electron chi connectivity index (χ4n) is 1.99. The predicted molar refractivity (Wildman–Crippen MR) is 79.3 cm³/mol. The van der Waals surface area contributed by atoms with Crippen LogP contribution in [0.3, 0.4) is 0 Å². The van der Waals surface area contributed by atoms with E-state index in [0.717, 1.165) is 5.56 Å². The normalized spacial score (nSPS) is 15.4. The standard InChI is InChI=1S/C16H14N2O2/c1-10-2-4-11(5-3-10)8-15-16(19)18-13-9-12(17)6-7-14(13)20-15/h2-9H,17H2,1H3,(H,18,19)/b15-8+. The van der Waals surface area contributed by atoms with E-state index in [-0.39, 0.29) is 11.7 Å². The Morgan fingerprint density at radius 2 is 1.90 bits per heavy atom. The zero-order chi connectivity index (χ0) is 14.1. The van der Waals surface area contributed by atoms with E-state index in [2.05, 4.69) is 5.32 Å². The summed E-state index contributed by atoms with van der Waals surface area (Å²) in [6.45, 7) is 2.02. The van der Waals surface area contributed by atoms with Crippen LogP contribution in [0.1, 0.15) is 11.1 Å². The van der Waals surface area contributed by atoms with Gasteiger partial charge in [0.1, 0.15) is 0 Å². The van der Waals surface area contributed by atoms with Crippen LogP contribution in [-0.2, 0) is 4.79 Å². The SMILES string of the molecule is Cc1ccc(/C=C2/Oc3ccc(N)cc3NC2=O)cc1. The number of nitrogens with two attached hydrogens (primary N) is 1. The Bertz CT molecular complexity index is 703. The monoisotopic (exact) mass is 266 g/mol. The van der Waals surface area contributed by atoms with Gasteiger partial charge in [0, 0.05) is 5.69 Å². The lowest BCUT2D eigenvalue weighted by Crippen LogP contribution is -2.23. The second-order valence-corrected chi connectivity index (χ2v) is 4.73. The van der Waals surface area contributed by atoms with Gasteiger partial charge in [-0.15, -0.1) is 0 Å². The minimum atomic E-state index is -0.274. The Morgan fingerprint density at radius 3 is 2.65 bits per heavy atom. The quantitative estimate of drug-likeness (QED) is 0.616. The van der Waals surface area contributed by atoms with Gasteiger partial charge in [0.05, 0.1) is 5.69 Å². The Hall–Kier alpha value is -2.75. The van der Waals surface area contributed by atoms with Crippen molar-refractivity contribution in [3.63, 3.8) is 0 Å². The summed E-state index contributed by atoms with van der Waals surface area (Å²) in [4.78, 5) is 12.0. The lowest BCUT2D eigenvalue weighted by molar-refractivity contribution is -0.115. The molecule has 4 heteroatoms. The number of benzene rings is 2. The van der Waals surface area contributed by atoms with Crippen molar-refractivity contribution in [2.75, 3.05) is 11.1 Å². The number of amides is 1.